The number of benzene rings is 2. The highest BCUT2D eigenvalue weighted by molar-refractivity contribution is 6.36. The second-order valence-corrected chi connectivity index (χ2v) is 9.50. The number of aromatic nitrogens is 2. The maximum atomic E-state index is 13.3. The van der Waals surface area contributed by atoms with Crippen molar-refractivity contribution >= 4 is 40.7 Å². The van der Waals surface area contributed by atoms with E-state index in [1.54, 1.807) is 12.1 Å². The number of rotatable bonds is 5. The quantitative estimate of drug-likeness (QED) is 0.423. The van der Waals surface area contributed by atoms with E-state index in [2.05, 4.69) is 5.43 Å². The molecular formula is C24H25Cl3N4O. The third kappa shape index (κ3) is 4.81. The Labute approximate surface area is 203 Å². The molecule has 1 aliphatic rings. The maximum Gasteiger partial charge on any atom is 0.301 e. The molecule has 0 unspecified atom stereocenters. The first-order valence-electron chi connectivity index (χ1n) is 10.7. The van der Waals surface area contributed by atoms with Gasteiger partial charge in [0.15, 0.2) is 0 Å². The SMILES string of the molecule is CC(C)n1c(C(=O)NN2CCCCC2)nc(-c2ccc(Cl)cc2Cl)c1-c1ccc(Cl)cc1. The Morgan fingerprint density at radius 3 is 2.25 bits per heavy atom. The number of hydrazine groups is 1. The third-order valence-corrected chi connectivity index (χ3v) is 6.35. The molecule has 5 nitrogen and oxygen atoms in total. The number of piperidine rings is 1. The van der Waals surface area contributed by atoms with Crippen LogP contribution >= 0.6 is 34.8 Å². The fourth-order valence-corrected chi connectivity index (χ4v) is 4.67. The Morgan fingerprint density at radius 2 is 1.62 bits per heavy atom. The molecule has 0 bridgehead atoms. The lowest BCUT2D eigenvalue weighted by Gasteiger charge is -2.27. The Bertz CT molecular complexity index is 1120. The van der Waals surface area contributed by atoms with E-state index in [0.29, 0.717) is 32.1 Å². The van der Waals surface area contributed by atoms with Crippen molar-refractivity contribution in [1.82, 2.24) is 20.0 Å². The number of carbonyl (C=O) groups excluding carboxylic acids is 1. The lowest BCUT2D eigenvalue weighted by atomic mass is 10.0. The van der Waals surface area contributed by atoms with E-state index in [-0.39, 0.29) is 11.9 Å². The van der Waals surface area contributed by atoms with E-state index in [1.165, 1.54) is 6.42 Å². The molecule has 1 amide bonds. The Balaban J connectivity index is 1.88. The molecule has 0 atom stereocenters. The van der Waals surface area contributed by atoms with Gasteiger partial charge in [0, 0.05) is 40.3 Å². The highest BCUT2D eigenvalue weighted by Crippen LogP contribution is 2.39. The largest absolute Gasteiger partial charge is 0.317 e. The zero-order valence-corrected chi connectivity index (χ0v) is 20.3. The molecular weight excluding hydrogens is 467 g/mol. The average Bonchev–Trinajstić information content (AvgIpc) is 3.16. The number of halogens is 3. The van der Waals surface area contributed by atoms with Crippen molar-refractivity contribution in [3.05, 3.63) is 63.4 Å². The van der Waals surface area contributed by atoms with Gasteiger partial charge in [0.25, 0.3) is 0 Å². The van der Waals surface area contributed by atoms with Gasteiger partial charge in [0.2, 0.25) is 5.82 Å². The molecule has 8 heteroatoms. The van der Waals surface area contributed by atoms with Crippen LogP contribution in [0.25, 0.3) is 22.5 Å². The molecule has 1 fully saturated rings. The predicted molar refractivity (Wildman–Crippen MR) is 131 cm³/mol. The first kappa shape index (κ1) is 23.1. The van der Waals surface area contributed by atoms with Gasteiger partial charge >= 0.3 is 5.91 Å². The summed E-state index contributed by atoms with van der Waals surface area (Å²) in [7, 11) is 0. The van der Waals surface area contributed by atoms with Gasteiger partial charge < -0.3 is 4.57 Å². The first-order chi connectivity index (χ1) is 15.3. The van der Waals surface area contributed by atoms with Crippen molar-refractivity contribution in [2.24, 2.45) is 0 Å². The van der Waals surface area contributed by atoms with Gasteiger partial charge in [-0.05, 0) is 57.0 Å². The molecule has 0 aliphatic carbocycles. The minimum absolute atomic E-state index is 0.0184. The Kier molecular flexibility index (Phi) is 7.11. The lowest BCUT2D eigenvalue weighted by molar-refractivity contribution is 0.0733. The molecule has 32 heavy (non-hydrogen) atoms. The monoisotopic (exact) mass is 490 g/mol. The Morgan fingerprint density at radius 1 is 0.969 bits per heavy atom. The summed E-state index contributed by atoms with van der Waals surface area (Å²) >= 11 is 18.8. The van der Waals surface area contributed by atoms with Crippen LogP contribution in [-0.4, -0.2) is 33.6 Å². The normalized spacial score (nSPS) is 14.7. The molecule has 1 aliphatic heterocycles. The molecule has 168 valence electrons. The van der Waals surface area contributed by atoms with E-state index >= 15 is 0 Å². The van der Waals surface area contributed by atoms with Crippen LogP contribution in [0.2, 0.25) is 15.1 Å². The lowest BCUT2D eigenvalue weighted by Crippen LogP contribution is -2.45. The van der Waals surface area contributed by atoms with Gasteiger partial charge in [0.05, 0.1) is 16.4 Å². The van der Waals surface area contributed by atoms with Crippen molar-refractivity contribution in [3.63, 3.8) is 0 Å². The summed E-state index contributed by atoms with van der Waals surface area (Å²) in [5.41, 5.74) is 6.10. The van der Waals surface area contributed by atoms with Crippen LogP contribution in [0.5, 0.6) is 0 Å². The van der Waals surface area contributed by atoms with Crippen molar-refractivity contribution in [1.29, 1.82) is 0 Å². The van der Waals surface area contributed by atoms with Gasteiger partial charge in [-0.15, -0.1) is 0 Å². The number of hydrogen-bond donors (Lipinski definition) is 1. The number of imidazole rings is 1. The zero-order valence-electron chi connectivity index (χ0n) is 18.0. The molecule has 0 saturated carbocycles. The van der Waals surface area contributed by atoms with E-state index in [0.717, 1.165) is 37.2 Å². The van der Waals surface area contributed by atoms with Crippen LogP contribution in [0.3, 0.4) is 0 Å². The van der Waals surface area contributed by atoms with Gasteiger partial charge in [-0.3, -0.25) is 10.2 Å². The van der Waals surface area contributed by atoms with Gasteiger partial charge in [-0.2, -0.15) is 0 Å². The molecule has 2 aromatic carbocycles. The van der Waals surface area contributed by atoms with Crippen LogP contribution in [0.4, 0.5) is 0 Å². The summed E-state index contributed by atoms with van der Waals surface area (Å²) in [6.07, 6.45) is 3.33. The van der Waals surface area contributed by atoms with E-state index in [9.17, 15) is 4.79 Å². The molecule has 1 N–H and O–H groups in total. The second-order valence-electron chi connectivity index (χ2n) is 8.22. The summed E-state index contributed by atoms with van der Waals surface area (Å²) in [5.74, 6) is 0.115. The zero-order chi connectivity index (χ0) is 22.8. The summed E-state index contributed by atoms with van der Waals surface area (Å²) in [4.78, 5) is 18.2. The van der Waals surface area contributed by atoms with Gasteiger partial charge in [-0.1, -0.05) is 53.4 Å². The molecule has 4 rings (SSSR count). The minimum Gasteiger partial charge on any atom is -0.317 e. The Hall–Kier alpha value is -2.05. The van der Waals surface area contributed by atoms with Crippen molar-refractivity contribution in [2.45, 2.75) is 39.2 Å². The van der Waals surface area contributed by atoms with Crippen molar-refractivity contribution < 1.29 is 4.79 Å². The second kappa shape index (κ2) is 9.84. The molecule has 2 heterocycles. The molecule has 0 radical (unpaired) electrons. The molecule has 1 aromatic heterocycles. The summed E-state index contributed by atoms with van der Waals surface area (Å²) < 4.78 is 1.96. The maximum absolute atomic E-state index is 13.3. The standard InChI is InChI=1S/C24H25Cl3N4O/c1-15(2)31-22(16-6-8-17(25)9-7-16)21(19-11-10-18(26)14-20(19)27)28-23(31)24(32)29-30-12-4-3-5-13-30/h6-11,14-15H,3-5,12-13H2,1-2H3,(H,29,32). The number of hydrogen-bond acceptors (Lipinski definition) is 3. The third-order valence-electron chi connectivity index (χ3n) is 5.55. The van der Waals surface area contributed by atoms with Crippen molar-refractivity contribution in [3.8, 4) is 22.5 Å². The summed E-state index contributed by atoms with van der Waals surface area (Å²) in [5, 5.41) is 3.63. The van der Waals surface area contributed by atoms with E-state index < -0.39 is 0 Å². The fourth-order valence-electron chi connectivity index (χ4n) is 4.05. The van der Waals surface area contributed by atoms with E-state index in [1.807, 2.05) is 53.8 Å². The topological polar surface area (TPSA) is 50.2 Å². The average molecular weight is 492 g/mol. The van der Waals surface area contributed by atoms with Crippen LogP contribution in [0.15, 0.2) is 42.5 Å². The van der Waals surface area contributed by atoms with Crippen LogP contribution in [0, 0.1) is 0 Å². The summed E-state index contributed by atoms with van der Waals surface area (Å²) in [6, 6.07) is 12.8. The first-order valence-corrected chi connectivity index (χ1v) is 11.9. The van der Waals surface area contributed by atoms with Crippen molar-refractivity contribution in [2.75, 3.05) is 13.1 Å². The number of amides is 1. The number of nitrogens with zero attached hydrogens (tertiary/aromatic N) is 3. The predicted octanol–water partition coefficient (Wildman–Crippen LogP) is 6.89. The van der Waals surface area contributed by atoms with Crippen LogP contribution in [0.1, 0.15) is 49.8 Å². The minimum atomic E-state index is -0.229. The fraction of sp³-hybridized carbons (Fsp3) is 0.333. The van der Waals surface area contributed by atoms with Gasteiger partial charge in [0.1, 0.15) is 0 Å². The number of carbonyl (C=O) groups is 1. The molecule has 0 spiro atoms. The highest BCUT2D eigenvalue weighted by atomic mass is 35.5. The molecule has 1 saturated heterocycles. The summed E-state index contributed by atoms with van der Waals surface area (Å²) in [6.45, 7) is 5.75. The smallest absolute Gasteiger partial charge is 0.301 e. The molecule has 3 aromatic rings. The van der Waals surface area contributed by atoms with Gasteiger partial charge in [-0.25, -0.2) is 9.99 Å². The van der Waals surface area contributed by atoms with E-state index in [4.69, 9.17) is 39.8 Å². The number of nitrogens with one attached hydrogen (secondary N) is 1. The van der Waals surface area contributed by atoms with Crippen LogP contribution in [-0.2, 0) is 0 Å². The van der Waals surface area contributed by atoms with Crippen LogP contribution < -0.4 is 5.43 Å². The highest BCUT2D eigenvalue weighted by Gasteiger charge is 2.28.